The highest BCUT2D eigenvalue weighted by atomic mass is 35.5. The first kappa shape index (κ1) is 17.6. The lowest BCUT2D eigenvalue weighted by molar-refractivity contribution is -0.119. The monoisotopic (exact) mass is 360 g/mol. The molecule has 6 nitrogen and oxygen atoms in total. The van der Waals surface area contributed by atoms with Crippen LogP contribution in [0.5, 0.6) is 0 Å². The summed E-state index contributed by atoms with van der Waals surface area (Å²) >= 11 is 6.10. The van der Waals surface area contributed by atoms with Crippen LogP contribution in [0.15, 0.2) is 24.3 Å². The van der Waals surface area contributed by atoms with Crippen molar-refractivity contribution < 1.29 is 9.53 Å². The maximum atomic E-state index is 11.7. The topological polar surface area (TPSA) is 90.1 Å². The number of nitrogens with two attached hydrogens (primary N) is 1. The smallest absolute Gasteiger partial charge is 0.242 e. The van der Waals surface area contributed by atoms with Crippen LogP contribution in [0.1, 0.15) is 24.1 Å². The molecule has 7 heteroatoms. The van der Waals surface area contributed by atoms with E-state index in [0.717, 1.165) is 42.5 Å². The second kappa shape index (κ2) is 7.80. The average Bonchev–Trinajstić information content (AvgIpc) is 2.61. The maximum absolute atomic E-state index is 11.7. The standard InChI is InChI=1S/C18H21ClN4O2/c1-25-10-15(16(20)24)22-18-13-7-2-3-8-14(13)21-17(23-18)11-5-4-6-12(19)9-11/h4-6,9,15H,2-3,7-8,10H2,1H3,(H2,20,24)(H,21,22,23)/t15-/m0/s1. The first-order valence-corrected chi connectivity index (χ1v) is 8.67. The Kier molecular flexibility index (Phi) is 5.50. The SMILES string of the molecule is COC[C@H](Nc1nc(-c2cccc(Cl)c2)nc2c1CCCC2)C(N)=O. The number of carbonyl (C=O) groups excluding carboxylic acids is 1. The van der Waals surface area contributed by atoms with Crippen molar-refractivity contribution in [1.82, 2.24) is 9.97 Å². The number of carbonyl (C=O) groups is 1. The molecule has 1 atom stereocenters. The van der Waals surface area contributed by atoms with Gasteiger partial charge >= 0.3 is 0 Å². The predicted octanol–water partition coefficient (Wildman–Crippen LogP) is 2.59. The second-order valence-electron chi connectivity index (χ2n) is 6.09. The summed E-state index contributed by atoms with van der Waals surface area (Å²) in [5, 5.41) is 3.78. The Bertz CT molecular complexity index is 782. The van der Waals surface area contributed by atoms with E-state index in [4.69, 9.17) is 27.1 Å². The summed E-state index contributed by atoms with van der Waals surface area (Å²) in [6.07, 6.45) is 3.94. The van der Waals surface area contributed by atoms with Gasteiger partial charge < -0.3 is 15.8 Å². The van der Waals surface area contributed by atoms with Crippen molar-refractivity contribution >= 4 is 23.3 Å². The third kappa shape index (κ3) is 4.08. The molecule has 0 aliphatic heterocycles. The van der Waals surface area contributed by atoms with Crippen LogP contribution in [0.25, 0.3) is 11.4 Å². The van der Waals surface area contributed by atoms with Gasteiger partial charge in [0, 0.05) is 29.0 Å². The Hall–Kier alpha value is -2.18. The third-order valence-electron chi connectivity index (χ3n) is 4.25. The fourth-order valence-electron chi connectivity index (χ4n) is 3.00. The molecular formula is C18H21ClN4O2. The molecule has 0 radical (unpaired) electrons. The number of aryl methyl sites for hydroxylation is 1. The van der Waals surface area contributed by atoms with Gasteiger partial charge in [0.2, 0.25) is 5.91 Å². The number of fused-ring (bicyclic) bond motifs is 1. The van der Waals surface area contributed by atoms with Crippen LogP contribution in [0.2, 0.25) is 5.02 Å². The lowest BCUT2D eigenvalue weighted by Gasteiger charge is -2.22. The van der Waals surface area contributed by atoms with Crippen molar-refractivity contribution in [1.29, 1.82) is 0 Å². The van der Waals surface area contributed by atoms with E-state index in [1.165, 1.54) is 7.11 Å². The van der Waals surface area contributed by atoms with Gasteiger partial charge in [-0.25, -0.2) is 9.97 Å². The van der Waals surface area contributed by atoms with Crippen molar-refractivity contribution in [2.24, 2.45) is 5.73 Å². The number of anilines is 1. The molecule has 0 saturated carbocycles. The van der Waals surface area contributed by atoms with Crippen molar-refractivity contribution in [2.75, 3.05) is 19.0 Å². The quantitative estimate of drug-likeness (QED) is 0.826. The number of aromatic nitrogens is 2. The Morgan fingerprint density at radius 1 is 1.36 bits per heavy atom. The molecule has 25 heavy (non-hydrogen) atoms. The Balaban J connectivity index is 2.03. The van der Waals surface area contributed by atoms with Gasteiger partial charge in [-0.15, -0.1) is 0 Å². The molecule has 0 fully saturated rings. The summed E-state index contributed by atoms with van der Waals surface area (Å²) < 4.78 is 5.09. The first-order valence-electron chi connectivity index (χ1n) is 8.29. The molecule has 1 aromatic carbocycles. The number of primary amides is 1. The summed E-state index contributed by atoms with van der Waals surface area (Å²) in [5.41, 5.74) is 8.38. The maximum Gasteiger partial charge on any atom is 0.242 e. The van der Waals surface area contributed by atoms with E-state index < -0.39 is 11.9 Å². The number of halogens is 1. The van der Waals surface area contributed by atoms with Crippen LogP contribution in [0, 0.1) is 0 Å². The zero-order chi connectivity index (χ0) is 17.8. The van der Waals surface area contributed by atoms with Gasteiger partial charge in [-0.05, 0) is 37.8 Å². The minimum Gasteiger partial charge on any atom is -0.382 e. The van der Waals surface area contributed by atoms with Crippen LogP contribution in [-0.2, 0) is 22.4 Å². The molecule has 1 aromatic heterocycles. The molecule has 0 spiro atoms. The van der Waals surface area contributed by atoms with E-state index in [0.29, 0.717) is 16.7 Å². The molecule has 0 unspecified atom stereocenters. The van der Waals surface area contributed by atoms with E-state index >= 15 is 0 Å². The number of nitrogens with zero attached hydrogens (tertiary/aromatic N) is 2. The number of nitrogens with one attached hydrogen (secondary N) is 1. The number of hydrogen-bond donors (Lipinski definition) is 2. The minimum atomic E-state index is -0.641. The van der Waals surface area contributed by atoms with Gasteiger partial charge in [0.1, 0.15) is 11.9 Å². The van der Waals surface area contributed by atoms with Crippen molar-refractivity contribution in [2.45, 2.75) is 31.7 Å². The zero-order valence-corrected chi connectivity index (χ0v) is 14.8. The number of hydrogen-bond acceptors (Lipinski definition) is 5. The highest BCUT2D eigenvalue weighted by Gasteiger charge is 2.22. The summed E-state index contributed by atoms with van der Waals surface area (Å²) in [7, 11) is 1.53. The number of amides is 1. The Morgan fingerprint density at radius 3 is 2.88 bits per heavy atom. The molecule has 3 N–H and O–H groups in total. The van der Waals surface area contributed by atoms with E-state index in [2.05, 4.69) is 10.3 Å². The van der Waals surface area contributed by atoms with Gasteiger partial charge in [0.25, 0.3) is 0 Å². The van der Waals surface area contributed by atoms with Crippen LogP contribution in [0.3, 0.4) is 0 Å². The molecule has 0 saturated heterocycles. The second-order valence-corrected chi connectivity index (χ2v) is 6.53. The fraction of sp³-hybridized carbons (Fsp3) is 0.389. The highest BCUT2D eigenvalue weighted by Crippen LogP contribution is 2.29. The molecule has 3 rings (SSSR count). The van der Waals surface area contributed by atoms with E-state index in [9.17, 15) is 4.79 Å². The molecule has 2 aromatic rings. The molecule has 0 bridgehead atoms. The molecular weight excluding hydrogens is 340 g/mol. The summed E-state index contributed by atoms with van der Waals surface area (Å²) in [6.45, 7) is 0.181. The van der Waals surface area contributed by atoms with E-state index in [1.54, 1.807) is 0 Å². The average molecular weight is 361 g/mol. The Labute approximate surface area is 151 Å². The molecule has 1 aliphatic carbocycles. The molecule has 1 heterocycles. The van der Waals surface area contributed by atoms with Gasteiger partial charge in [0.05, 0.1) is 6.61 Å². The lowest BCUT2D eigenvalue weighted by Crippen LogP contribution is -2.39. The molecule has 1 amide bonds. The molecule has 1 aliphatic rings. The summed E-state index contributed by atoms with van der Waals surface area (Å²) in [6, 6.07) is 6.78. The minimum absolute atomic E-state index is 0.181. The largest absolute Gasteiger partial charge is 0.382 e. The van der Waals surface area contributed by atoms with Crippen LogP contribution in [0.4, 0.5) is 5.82 Å². The van der Waals surface area contributed by atoms with Gasteiger partial charge in [0.15, 0.2) is 5.82 Å². The number of ether oxygens (including phenoxy) is 1. The lowest BCUT2D eigenvalue weighted by atomic mass is 9.96. The highest BCUT2D eigenvalue weighted by molar-refractivity contribution is 6.30. The van der Waals surface area contributed by atoms with Crippen LogP contribution >= 0.6 is 11.6 Å². The third-order valence-corrected chi connectivity index (χ3v) is 4.49. The Morgan fingerprint density at radius 2 is 2.16 bits per heavy atom. The summed E-state index contributed by atoms with van der Waals surface area (Å²) in [5.74, 6) is 0.765. The van der Waals surface area contributed by atoms with Gasteiger partial charge in [-0.3, -0.25) is 4.79 Å². The van der Waals surface area contributed by atoms with Crippen molar-refractivity contribution in [3.8, 4) is 11.4 Å². The first-order chi connectivity index (χ1) is 12.1. The molecule has 132 valence electrons. The van der Waals surface area contributed by atoms with Gasteiger partial charge in [-0.1, -0.05) is 23.7 Å². The number of rotatable bonds is 6. The van der Waals surface area contributed by atoms with Crippen LogP contribution < -0.4 is 11.1 Å². The van der Waals surface area contributed by atoms with E-state index in [-0.39, 0.29) is 6.61 Å². The summed E-state index contributed by atoms with van der Waals surface area (Å²) in [4.78, 5) is 21.1. The zero-order valence-electron chi connectivity index (χ0n) is 14.1. The number of benzene rings is 1. The normalized spacial score (nSPS) is 14.6. The fourth-order valence-corrected chi connectivity index (χ4v) is 3.19. The number of methoxy groups -OCH3 is 1. The van der Waals surface area contributed by atoms with E-state index in [1.807, 2.05) is 24.3 Å². The van der Waals surface area contributed by atoms with Crippen LogP contribution in [-0.4, -0.2) is 35.6 Å². The predicted molar refractivity (Wildman–Crippen MR) is 97.6 cm³/mol. The van der Waals surface area contributed by atoms with Crippen molar-refractivity contribution in [3.63, 3.8) is 0 Å². The van der Waals surface area contributed by atoms with Crippen molar-refractivity contribution in [3.05, 3.63) is 40.5 Å². The van der Waals surface area contributed by atoms with Gasteiger partial charge in [-0.2, -0.15) is 0 Å².